The molecule has 0 bridgehead atoms. The van der Waals surface area contributed by atoms with Crippen LogP contribution in [0.3, 0.4) is 0 Å². The van der Waals surface area contributed by atoms with E-state index in [2.05, 4.69) is 22.5 Å². The minimum Gasteiger partial charge on any atom is -0.506 e. The van der Waals surface area contributed by atoms with Crippen LogP contribution in [-0.4, -0.2) is 156 Å². The molecule has 4 heterocycles. The summed E-state index contributed by atoms with van der Waals surface area (Å²) < 4.78 is 96.7. The molecule has 16 nitrogen and oxygen atoms in total. The van der Waals surface area contributed by atoms with Crippen molar-refractivity contribution in [1.82, 2.24) is 20.0 Å². The molecule has 0 saturated carbocycles. The zero-order chi connectivity index (χ0) is 50.9. The number of carboxylic acids is 2. The lowest BCUT2D eigenvalue weighted by Gasteiger charge is -2.47. The first-order chi connectivity index (χ1) is 32.6. The van der Waals surface area contributed by atoms with E-state index in [0.717, 1.165) is 43.5 Å². The van der Waals surface area contributed by atoms with E-state index in [1.165, 1.54) is 4.88 Å². The van der Waals surface area contributed by atoms with Gasteiger partial charge in [-0.1, -0.05) is 31.2 Å². The van der Waals surface area contributed by atoms with Gasteiger partial charge in [0, 0.05) is 61.6 Å². The molecule has 24 heteroatoms. The number of rotatable bonds is 17. The number of halogens is 7. The van der Waals surface area contributed by atoms with Crippen LogP contribution in [0.4, 0.5) is 36.4 Å². The van der Waals surface area contributed by atoms with E-state index in [4.69, 9.17) is 34.0 Å². The topological polar surface area (TPSA) is 208 Å². The molecule has 3 aliphatic heterocycles. The fourth-order valence-corrected chi connectivity index (χ4v) is 8.33. The molecule has 0 atom stereocenters. The lowest BCUT2D eigenvalue weighted by atomic mass is 9.89. The molecule has 0 unspecified atom stereocenters. The molecule has 5 N–H and O–H groups in total. The van der Waals surface area contributed by atoms with Gasteiger partial charge in [-0.25, -0.2) is 14.0 Å². The first kappa shape index (κ1) is 56.0. The molecule has 0 aliphatic carbocycles. The van der Waals surface area contributed by atoms with Gasteiger partial charge in [0.05, 0.1) is 44.0 Å². The summed E-state index contributed by atoms with van der Waals surface area (Å²) in [5, 5.41) is 32.3. The smallest absolute Gasteiger partial charge is 0.490 e. The van der Waals surface area contributed by atoms with Crippen molar-refractivity contribution >= 4 is 46.7 Å². The van der Waals surface area contributed by atoms with Gasteiger partial charge in [0.2, 0.25) is 5.91 Å². The number of likely N-dealkylation sites (N-methyl/N-ethyl adjacent to an activating group) is 1. The average molecular weight is 1010 g/mol. The van der Waals surface area contributed by atoms with Gasteiger partial charge in [-0.15, -0.1) is 11.3 Å². The number of aryl methyl sites for hydroxylation is 1. The highest BCUT2D eigenvalue weighted by Crippen LogP contribution is 2.39. The molecule has 1 spiro atoms. The number of likely N-dealkylation sites (tertiary alicyclic amines) is 1. The van der Waals surface area contributed by atoms with E-state index in [1.54, 1.807) is 34.4 Å². The van der Waals surface area contributed by atoms with E-state index in [1.807, 2.05) is 35.4 Å². The van der Waals surface area contributed by atoms with Crippen molar-refractivity contribution in [3.05, 3.63) is 74.7 Å². The number of aromatic hydroxyl groups is 1. The number of phenolic OH excluding ortho intramolecular Hbond substituents is 1. The second-order valence-corrected chi connectivity index (χ2v) is 17.1. The molecule has 3 amide bonds. The van der Waals surface area contributed by atoms with Crippen LogP contribution in [0.5, 0.6) is 11.5 Å². The van der Waals surface area contributed by atoms with Crippen LogP contribution >= 0.6 is 11.3 Å². The van der Waals surface area contributed by atoms with Gasteiger partial charge in [0.25, 0.3) is 11.8 Å². The second-order valence-electron chi connectivity index (χ2n) is 16.1. The molecule has 382 valence electrons. The molecule has 2 saturated heterocycles. The van der Waals surface area contributed by atoms with Crippen molar-refractivity contribution in [2.45, 2.75) is 76.9 Å². The Morgan fingerprint density at radius 3 is 2.22 bits per heavy atom. The Kier molecular flexibility index (Phi) is 21.0. The number of aliphatic carboxylic acids is 2. The number of hydrogen-bond donors (Lipinski definition) is 5. The number of nitrogens with one attached hydrogen (secondary N) is 2. The Balaban J connectivity index is 0.000000645. The number of ether oxygens (including phenoxy) is 3. The normalized spacial score (nSPS) is 15.7. The molecular weight excluding hydrogens is 952 g/mol. The van der Waals surface area contributed by atoms with E-state index in [-0.39, 0.29) is 54.5 Å². The minimum atomic E-state index is -5.08. The number of hydrogen-bond acceptors (Lipinski definition) is 12. The number of carbonyl (C=O) groups is 5. The van der Waals surface area contributed by atoms with Crippen LogP contribution in [0.1, 0.15) is 65.0 Å². The Morgan fingerprint density at radius 2 is 1.59 bits per heavy atom. The maximum Gasteiger partial charge on any atom is 0.490 e. The molecule has 2 fully saturated rings. The predicted octanol–water partition coefficient (Wildman–Crippen LogP) is 5.89. The fraction of sp³-hybridized carbons (Fsp3) is 0.533. The molecule has 2 aromatic carbocycles. The van der Waals surface area contributed by atoms with Crippen LogP contribution in [0.25, 0.3) is 0 Å². The maximum absolute atomic E-state index is 15.6. The number of nitrogens with zero attached hydrogens (tertiary/aromatic N) is 3. The predicted molar refractivity (Wildman–Crippen MR) is 237 cm³/mol. The van der Waals surface area contributed by atoms with E-state index in [0.29, 0.717) is 94.4 Å². The highest BCUT2D eigenvalue weighted by atomic mass is 32.1. The molecule has 6 rings (SSSR count). The Labute approximate surface area is 397 Å². The summed E-state index contributed by atoms with van der Waals surface area (Å²) >= 11 is 1.63. The lowest BCUT2D eigenvalue weighted by Crippen LogP contribution is -2.57. The number of benzene rings is 2. The number of morpholine rings is 1. The Morgan fingerprint density at radius 1 is 0.928 bits per heavy atom. The number of fused-ring (bicyclic) bond motifs is 1. The quantitative estimate of drug-likeness (QED) is 0.0609. The van der Waals surface area contributed by atoms with Gasteiger partial charge in [0.1, 0.15) is 17.3 Å². The molecular formula is C45H56F7N5O11S. The summed E-state index contributed by atoms with van der Waals surface area (Å²) in [6.45, 7) is 10.7. The third kappa shape index (κ3) is 17.1. The van der Waals surface area contributed by atoms with Gasteiger partial charge in [-0.3, -0.25) is 19.3 Å². The van der Waals surface area contributed by atoms with Gasteiger partial charge in [-0.05, 0) is 68.8 Å². The van der Waals surface area contributed by atoms with Gasteiger partial charge >= 0.3 is 24.3 Å². The molecule has 0 radical (unpaired) electrons. The largest absolute Gasteiger partial charge is 0.506 e. The summed E-state index contributed by atoms with van der Waals surface area (Å²) in [5.74, 6) is -5.47. The Hall–Kier alpha value is -5.56. The van der Waals surface area contributed by atoms with Crippen LogP contribution in [-0.2, 0) is 54.5 Å². The van der Waals surface area contributed by atoms with E-state index >= 15 is 4.39 Å². The summed E-state index contributed by atoms with van der Waals surface area (Å²) in [6.07, 6.45) is -6.36. The first-order valence-electron chi connectivity index (χ1n) is 22.0. The van der Waals surface area contributed by atoms with Crippen LogP contribution < -0.4 is 15.4 Å². The second kappa shape index (κ2) is 25.9. The number of amides is 3. The van der Waals surface area contributed by atoms with Gasteiger partial charge in [-0.2, -0.15) is 26.3 Å². The zero-order valence-electron chi connectivity index (χ0n) is 38.0. The monoisotopic (exact) mass is 1010 g/mol. The zero-order valence-corrected chi connectivity index (χ0v) is 38.8. The van der Waals surface area contributed by atoms with Gasteiger partial charge < -0.3 is 50.0 Å². The number of alkyl halides is 6. The number of phenols is 1. The minimum absolute atomic E-state index is 0.00324. The van der Waals surface area contributed by atoms with Crippen LogP contribution in [0.2, 0.25) is 0 Å². The average Bonchev–Trinajstić information content (AvgIpc) is 3.79. The number of carbonyl (C=O) groups excluding carboxylic acids is 3. The summed E-state index contributed by atoms with van der Waals surface area (Å²) in [7, 11) is 0. The lowest BCUT2D eigenvalue weighted by molar-refractivity contribution is -0.193. The highest BCUT2D eigenvalue weighted by Gasteiger charge is 2.42. The highest BCUT2D eigenvalue weighted by molar-refractivity contribution is 7.10. The molecule has 3 aliphatic rings. The number of carboxylic acid groups (broad SMARTS) is 2. The molecule has 69 heavy (non-hydrogen) atoms. The Bertz CT molecular complexity index is 2190. The number of thiophene rings is 1. The van der Waals surface area contributed by atoms with Crippen molar-refractivity contribution < 1.29 is 84.2 Å². The third-order valence-electron chi connectivity index (χ3n) is 11.3. The van der Waals surface area contributed by atoms with Crippen molar-refractivity contribution in [1.29, 1.82) is 0 Å². The SMILES string of the molecule is CCc1cc(C(=O)N2CCOC3(CCN(Cc4cccc(CCOCCC(=O)N(CC)CCNCCc5ccc(O)c6c5OCC(=O)N6)c4F)CC3)C2)cs1.O=C(O)C(F)(F)F.O=C(O)C(F)(F)F. The summed E-state index contributed by atoms with van der Waals surface area (Å²) in [4.78, 5) is 62.7. The van der Waals surface area contributed by atoms with Crippen molar-refractivity contribution in [2.75, 3.05) is 84.1 Å². The van der Waals surface area contributed by atoms with Crippen molar-refractivity contribution in [3.8, 4) is 11.5 Å². The van der Waals surface area contributed by atoms with Crippen molar-refractivity contribution in [3.63, 3.8) is 0 Å². The van der Waals surface area contributed by atoms with Crippen LogP contribution in [0, 0.1) is 5.82 Å². The van der Waals surface area contributed by atoms with E-state index < -0.39 is 24.3 Å². The van der Waals surface area contributed by atoms with Crippen molar-refractivity contribution in [2.24, 2.45) is 0 Å². The summed E-state index contributed by atoms with van der Waals surface area (Å²) in [5.41, 5.74) is 2.85. The number of anilines is 1. The van der Waals surface area contributed by atoms with E-state index in [9.17, 15) is 45.8 Å². The standard InChI is InChI=1S/C41H54FN5O7S.2C2HF3O2/c1-3-33-24-32(27-55-33)40(51)47-20-23-54-41(28-47)13-17-45(18-14-41)25-31-7-5-6-29(37(31)42)11-21-52-22-12-36(50)46(4-2)19-16-43-15-10-30-8-9-34(48)38-39(30)53-26-35(49)44-38;2*3-2(4,5)1(6)7/h5-9,24,27,43,48H,3-4,10-23,25-26,28H2,1-2H3,(H,44,49);2*(H,6,7). The molecule has 3 aromatic rings. The third-order valence-corrected chi connectivity index (χ3v) is 12.3. The maximum atomic E-state index is 15.6. The van der Waals surface area contributed by atoms with Gasteiger partial charge in [0.15, 0.2) is 12.4 Å². The fourth-order valence-electron chi connectivity index (χ4n) is 7.52. The number of piperidine rings is 1. The first-order valence-corrected chi connectivity index (χ1v) is 22.9. The molecule has 1 aromatic heterocycles. The van der Waals surface area contributed by atoms with Crippen LogP contribution in [0.15, 0.2) is 41.8 Å². The summed E-state index contributed by atoms with van der Waals surface area (Å²) in [6, 6.07) is 10.9.